The number of likely N-dealkylation sites (N-methyl/N-ethyl adjacent to an activating group) is 1. The molecule has 10 heteroatoms. The molecule has 2 aliphatic heterocycles. The normalized spacial score (nSPS) is 17.9. The highest BCUT2D eigenvalue weighted by atomic mass is 35.5. The quantitative estimate of drug-likeness (QED) is 0.216. The minimum absolute atomic E-state index is 0.0167. The molecule has 0 aliphatic carbocycles. The standard InChI is InChI=1S/C34H35ClF3N3O3/c1-3-40(18-24-8-4-5-9-27(24)35)34(43)31-26(17-25-19-41(21(2)42)20-30(31)39-25)23-12-10-22(11-13-23)7-6-16-44-33-29(37)15-14-28(36)32(33)38/h4-5,8-15,25,30,39H,3,6-7,16-20H2,1-2H3/t25-,30-/m1/s1. The van der Waals surface area contributed by atoms with E-state index >= 15 is 0 Å². The van der Waals surface area contributed by atoms with Gasteiger partial charge >= 0.3 is 0 Å². The summed E-state index contributed by atoms with van der Waals surface area (Å²) in [4.78, 5) is 30.1. The van der Waals surface area contributed by atoms with Crippen molar-refractivity contribution in [3.8, 4) is 5.75 Å². The number of halogens is 4. The maximum atomic E-state index is 14.2. The first-order valence-corrected chi connectivity index (χ1v) is 15.2. The van der Waals surface area contributed by atoms with Crippen LogP contribution >= 0.6 is 11.6 Å². The molecule has 3 aromatic carbocycles. The van der Waals surface area contributed by atoms with E-state index in [2.05, 4.69) is 5.32 Å². The van der Waals surface area contributed by atoms with E-state index in [0.717, 1.165) is 34.4 Å². The first kappa shape index (κ1) is 31.6. The van der Waals surface area contributed by atoms with Gasteiger partial charge < -0.3 is 19.9 Å². The van der Waals surface area contributed by atoms with Crippen molar-refractivity contribution < 1.29 is 27.5 Å². The fraction of sp³-hybridized carbons (Fsp3) is 0.353. The molecule has 2 heterocycles. The zero-order valence-corrected chi connectivity index (χ0v) is 25.5. The minimum atomic E-state index is -1.33. The zero-order chi connectivity index (χ0) is 31.4. The Labute approximate surface area is 260 Å². The number of benzene rings is 3. The number of rotatable bonds is 10. The fourth-order valence-electron chi connectivity index (χ4n) is 5.92. The van der Waals surface area contributed by atoms with Crippen LogP contribution in [-0.2, 0) is 22.6 Å². The zero-order valence-electron chi connectivity index (χ0n) is 24.7. The number of carbonyl (C=O) groups is 2. The molecule has 3 aromatic rings. The van der Waals surface area contributed by atoms with Crippen LogP contribution in [0.3, 0.4) is 0 Å². The summed E-state index contributed by atoms with van der Waals surface area (Å²) in [5.74, 6) is -4.26. The van der Waals surface area contributed by atoms with Crippen molar-refractivity contribution in [3.63, 3.8) is 0 Å². The molecule has 6 nitrogen and oxygen atoms in total. The molecule has 1 N–H and O–H groups in total. The molecule has 44 heavy (non-hydrogen) atoms. The van der Waals surface area contributed by atoms with Crippen molar-refractivity contribution in [3.05, 3.63) is 105 Å². The van der Waals surface area contributed by atoms with Gasteiger partial charge in [0.25, 0.3) is 5.91 Å². The highest BCUT2D eigenvalue weighted by Crippen LogP contribution is 2.35. The van der Waals surface area contributed by atoms with Gasteiger partial charge in [-0.1, -0.05) is 54.1 Å². The largest absolute Gasteiger partial charge is 0.488 e. The Morgan fingerprint density at radius 1 is 1.02 bits per heavy atom. The summed E-state index contributed by atoms with van der Waals surface area (Å²) in [7, 11) is 0. The van der Waals surface area contributed by atoms with Crippen molar-refractivity contribution in [1.29, 1.82) is 0 Å². The number of amides is 2. The number of hydrogen-bond donors (Lipinski definition) is 1. The molecule has 0 aromatic heterocycles. The predicted octanol–water partition coefficient (Wildman–Crippen LogP) is 6.16. The van der Waals surface area contributed by atoms with Crippen LogP contribution in [0.25, 0.3) is 5.57 Å². The number of ether oxygens (including phenoxy) is 1. The van der Waals surface area contributed by atoms with Crippen molar-refractivity contribution >= 4 is 29.0 Å². The van der Waals surface area contributed by atoms with E-state index in [1.54, 1.807) is 16.7 Å². The summed E-state index contributed by atoms with van der Waals surface area (Å²) in [6.45, 7) is 5.33. The molecule has 0 spiro atoms. The van der Waals surface area contributed by atoms with E-state index in [0.29, 0.717) is 56.0 Å². The van der Waals surface area contributed by atoms with Gasteiger partial charge in [-0.3, -0.25) is 9.59 Å². The van der Waals surface area contributed by atoms with Crippen LogP contribution in [0.5, 0.6) is 5.75 Å². The predicted molar refractivity (Wildman–Crippen MR) is 164 cm³/mol. The SMILES string of the molecule is CCN(Cc1ccccc1Cl)C(=O)C1=C(c2ccc(CCCOc3c(F)ccc(F)c3F)cc2)C[C@@H]2CN(C(C)=O)C[C@H]1N2. The Morgan fingerprint density at radius 2 is 1.75 bits per heavy atom. The van der Waals surface area contributed by atoms with Crippen LogP contribution in [0.1, 0.15) is 43.4 Å². The van der Waals surface area contributed by atoms with Crippen LogP contribution in [0.2, 0.25) is 5.02 Å². The number of nitrogens with zero attached hydrogens (tertiary/aromatic N) is 2. The number of nitrogens with one attached hydrogen (secondary N) is 1. The summed E-state index contributed by atoms with van der Waals surface area (Å²) in [6.07, 6.45) is 1.62. The lowest BCUT2D eigenvalue weighted by molar-refractivity contribution is -0.132. The Bertz CT molecular complexity index is 1560. The van der Waals surface area contributed by atoms with Crippen molar-refractivity contribution in [1.82, 2.24) is 15.1 Å². The average molecular weight is 626 g/mol. The van der Waals surface area contributed by atoms with Gasteiger partial charge in [-0.25, -0.2) is 8.78 Å². The molecule has 5 rings (SSSR count). The first-order valence-electron chi connectivity index (χ1n) is 14.8. The Hall–Kier alpha value is -3.82. The van der Waals surface area contributed by atoms with Crippen LogP contribution in [0.15, 0.2) is 66.2 Å². The third kappa shape index (κ3) is 6.94. The van der Waals surface area contributed by atoms with E-state index in [1.165, 1.54) is 0 Å². The van der Waals surface area contributed by atoms with E-state index in [9.17, 15) is 22.8 Å². The van der Waals surface area contributed by atoms with Gasteiger partial charge in [-0.05, 0) is 66.6 Å². The number of piperazine rings is 1. The molecule has 2 aliphatic rings. The number of carbonyl (C=O) groups excluding carboxylic acids is 2. The smallest absolute Gasteiger partial charge is 0.252 e. The van der Waals surface area contributed by atoms with Crippen LogP contribution < -0.4 is 10.1 Å². The summed E-state index contributed by atoms with van der Waals surface area (Å²) < 4.78 is 46.3. The molecular weight excluding hydrogens is 591 g/mol. The maximum absolute atomic E-state index is 14.2. The molecule has 0 radical (unpaired) electrons. The van der Waals surface area contributed by atoms with Gasteiger partial charge in [-0.2, -0.15) is 4.39 Å². The monoisotopic (exact) mass is 625 g/mol. The summed E-state index contributed by atoms with van der Waals surface area (Å²) in [5, 5.41) is 4.18. The lowest BCUT2D eigenvalue weighted by atomic mass is 9.82. The number of aryl methyl sites for hydroxylation is 1. The van der Waals surface area contributed by atoms with Gasteiger partial charge in [0, 0.05) is 49.7 Å². The van der Waals surface area contributed by atoms with E-state index in [1.807, 2.05) is 55.5 Å². The third-order valence-electron chi connectivity index (χ3n) is 8.23. The molecule has 2 atom stereocenters. The first-order chi connectivity index (χ1) is 21.2. The van der Waals surface area contributed by atoms with E-state index in [4.69, 9.17) is 16.3 Å². The van der Waals surface area contributed by atoms with E-state index < -0.39 is 23.2 Å². The van der Waals surface area contributed by atoms with Crippen LogP contribution in [-0.4, -0.2) is 59.9 Å². The Balaban J connectivity index is 1.36. The summed E-state index contributed by atoms with van der Waals surface area (Å²) >= 11 is 6.43. The van der Waals surface area contributed by atoms with Gasteiger partial charge in [0.15, 0.2) is 17.4 Å². The van der Waals surface area contributed by atoms with Gasteiger partial charge in [-0.15, -0.1) is 0 Å². The average Bonchev–Trinajstić information content (AvgIpc) is 3.01. The van der Waals surface area contributed by atoms with Crippen LogP contribution in [0, 0.1) is 17.5 Å². The minimum Gasteiger partial charge on any atom is -0.488 e. The third-order valence-corrected chi connectivity index (χ3v) is 8.60. The van der Waals surface area contributed by atoms with Gasteiger partial charge in [0.1, 0.15) is 0 Å². The topological polar surface area (TPSA) is 61.9 Å². The Kier molecular flexibility index (Phi) is 9.96. The maximum Gasteiger partial charge on any atom is 0.252 e. The van der Waals surface area contributed by atoms with Gasteiger partial charge in [0.2, 0.25) is 11.7 Å². The molecule has 2 bridgehead atoms. The molecular formula is C34H35ClF3N3O3. The lowest BCUT2D eigenvalue weighted by Crippen LogP contribution is -2.61. The summed E-state index contributed by atoms with van der Waals surface area (Å²) in [5.41, 5.74) is 4.38. The Morgan fingerprint density at radius 3 is 2.45 bits per heavy atom. The van der Waals surface area contributed by atoms with Crippen LogP contribution in [0.4, 0.5) is 13.2 Å². The lowest BCUT2D eigenvalue weighted by Gasteiger charge is -2.44. The second kappa shape index (κ2) is 13.9. The molecule has 0 saturated carbocycles. The fourth-order valence-corrected chi connectivity index (χ4v) is 6.11. The van der Waals surface area contributed by atoms with Crippen molar-refractivity contribution in [2.45, 2.75) is 51.7 Å². The second-order valence-electron chi connectivity index (χ2n) is 11.2. The molecule has 1 fully saturated rings. The van der Waals surface area contributed by atoms with Crippen molar-refractivity contribution in [2.75, 3.05) is 26.2 Å². The van der Waals surface area contributed by atoms with Crippen molar-refractivity contribution in [2.24, 2.45) is 0 Å². The second-order valence-corrected chi connectivity index (χ2v) is 11.6. The molecule has 0 unspecified atom stereocenters. The molecule has 2 amide bonds. The van der Waals surface area contributed by atoms with E-state index in [-0.39, 0.29) is 30.5 Å². The number of hydrogen-bond acceptors (Lipinski definition) is 4. The molecule has 232 valence electrons. The summed E-state index contributed by atoms with van der Waals surface area (Å²) in [6, 6.07) is 16.6. The highest BCUT2D eigenvalue weighted by molar-refractivity contribution is 6.31. The highest BCUT2D eigenvalue weighted by Gasteiger charge is 2.40. The molecule has 1 saturated heterocycles. The number of fused-ring (bicyclic) bond motifs is 2. The van der Waals surface area contributed by atoms with Gasteiger partial charge in [0.05, 0.1) is 12.6 Å².